The van der Waals surface area contributed by atoms with E-state index in [1.807, 2.05) is 0 Å². The van der Waals surface area contributed by atoms with Gasteiger partial charge in [0.2, 0.25) is 0 Å². The molecule has 0 aliphatic heterocycles. The third kappa shape index (κ3) is 4.99. The second-order valence-electron chi connectivity index (χ2n) is 3.76. The van der Waals surface area contributed by atoms with E-state index >= 15 is 0 Å². The van der Waals surface area contributed by atoms with Crippen LogP contribution < -0.4 is 0 Å². The number of rotatable bonds is 2. The second-order valence-corrected chi connectivity index (χ2v) is 5.03. The summed E-state index contributed by atoms with van der Waals surface area (Å²) in [4.78, 5) is 10.7. The standard InChI is InChI=1S/C14H10F3NOS/c1-10(19)20-7-3-2-4-11-8-13(14(15,16)17)6-5-12(11)9-18/h5-6,8H,3,7H2,1H3. The van der Waals surface area contributed by atoms with E-state index in [4.69, 9.17) is 5.26 Å². The van der Waals surface area contributed by atoms with Gasteiger partial charge in [-0.1, -0.05) is 23.6 Å². The highest BCUT2D eigenvalue weighted by Crippen LogP contribution is 2.30. The van der Waals surface area contributed by atoms with Gasteiger partial charge in [0, 0.05) is 24.7 Å². The molecule has 104 valence electrons. The van der Waals surface area contributed by atoms with Crippen LogP contribution in [0.15, 0.2) is 18.2 Å². The first-order valence-corrected chi connectivity index (χ1v) is 6.56. The van der Waals surface area contributed by atoms with Gasteiger partial charge in [0.25, 0.3) is 0 Å². The number of carbonyl (C=O) groups excluding carboxylic acids is 1. The Morgan fingerprint density at radius 2 is 2.05 bits per heavy atom. The molecule has 1 aromatic rings. The molecule has 0 spiro atoms. The lowest BCUT2D eigenvalue weighted by Crippen LogP contribution is -2.05. The summed E-state index contributed by atoms with van der Waals surface area (Å²) in [6.45, 7) is 1.43. The highest BCUT2D eigenvalue weighted by atomic mass is 32.2. The number of thioether (sulfide) groups is 1. The first-order chi connectivity index (χ1) is 9.34. The fourth-order valence-electron chi connectivity index (χ4n) is 1.33. The molecule has 0 atom stereocenters. The Kier molecular flexibility index (Phi) is 5.66. The molecule has 0 aliphatic rings. The Morgan fingerprint density at radius 1 is 1.35 bits per heavy atom. The van der Waals surface area contributed by atoms with Crippen molar-refractivity contribution in [2.24, 2.45) is 0 Å². The molecule has 0 heterocycles. The molecule has 0 saturated heterocycles. The third-order valence-electron chi connectivity index (χ3n) is 2.22. The van der Waals surface area contributed by atoms with Gasteiger partial charge in [0.1, 0.15) is 6.07 Å². The van der Waals surface area contributed by atoms with Crippen molar-refractivity contribution in [2.75, 3.05) is 5.75 Å². The Morgan fingerprint density at radius 3 is 2.60 bits per heavy atom. The van der Waals surface area contributed by atoms with Crippen molar-refractivity contribution in [1.82, 2.24) is 0 Å². The quantitative estimate of drug-likeness (QED) is 0.618. The van der Waals surface area contributed by atoms with Gasteiger partial charge < -0.3 is 0 Å². The molecule has 0 amide bonds. The molecule has 0 aliphatic carbocycles. The molecule has 0 unspecified atom stereocenters. The van der Waals surface area contributed by atoms with Gasteiger partial charge in [-0.15, -0.1) is 0 Å². The zero-order valence-corrected chi connectivity index (χ0v) is 11.4. The van der Waals surface area contributed by atoms with Crippen LogP contribution in [0.25, 0.3) is 0 Å². The topological polar surface area (TPSA) is 40.9 Å². The van der Waals surface area contributed by atoms with Gasteiger partial charge in [-0.2, -0.15) is 18.4 Å². The second kappa shape index (κ2) is 7.02. The maximum atomic E-state index is 12.6. The number of carbonyl (C=O) groups is 1. The van der Waals surface area contributed by atoms with E-state index in [2.05, 4.69) is 11.8 Å². The molecular formula is C14H10F3NOS. The highest BCUT2D eigenvalue weighted by Gasteiger charge is 2.30. The van der Waals surface area contributed by atoms with Gasteiger partial charge in [0.05, 0.1) is 11.1 Å². The van der Waals surface area contributed by atoms with Crippen molar-refractivity contribution < 1.29 is 18.0 Å². The first-order valence-electron chi connectivity index (χ1n) is 5.58. The van der Waals surface area contributed by atoms with Crippen molar-refractivity contribution >= 4 is 16.9 Å². The average molecular weight is 297 g/mol. The summed E-state index contributed by atoms with van der Waals surface area (Å²) in [6, 6.07) is 4.63. The van der Waals surface area contributed by atoms with Crippen LogP contribution in [-0.4, -0.2) is 10.9 Å². The maximum absolute atomic E-state index is 12.6. The Balaban J connectivity index is 2.90. The van der Waals surface area contributed by atoms with E-state index in [0.29, 0.717) is 12.2 Å². The van der Waals surface area contributed by atoms with Crippen molar-refractivity contribution in [1.29, 1.82) is 5.26 Å². The van der Waals surface area contributed by atoms with Crippen molar-refractivity contribution in [3.05, 3.63) is 34.9 Å². The lowest BCUT2D eigenvalue weighted by atomic mass is 10.0. The zero-order chi connectivity index (χ0) is 15.2. The van der Waals surface area contributed by atoms with Gasteiger partial charge in [-0.05, 0) is 18.2 Å². The van der Waals surface area contributed by atoms with Crippen LogP contribution in [0.2, 0.25) is 0 Å². The van der Waals surface area contributed by atoms with Gasteiger partial charge in [0.15, 0.2) is 5.12 Å². The molecule has 0 N–H and O–H groups in total. The minimum Gasteiger partial charge on any atom is -0.288 e. The number of halogens is 3. The molecule has 0 aromatic heterocycles. The molecular weight excluding hydrogens is 287 g/mol. The first kappa shape index (κ1) is 16.1. The molecule has 1 rings (SSSR count). The predicted molar refractivity (Wildman–Crippen MR) is 70.8 cm³/mol. The van der Waals surface area contributed by atoms with Crippen LogP contribution in [0.5, 0.6) is 0 Å². The van der Waals surface area contributed by atoms with Gasteiger partial charge in [-0.25, -0.2) is 0 Å². The van der Waals surface area contributed by atoms with Gasteiger partial charge >= 0.3 is 6.18 Å². The van der Waals surface area contributed by atoms with Crippen molar-refractivity contribution in [3.8, 4) is 17.9 Å². The zero-order valence-electron chi connectivity index (χ0n) is 10.5. The van der Waals surface area contributed by atoms with E-state index in [1.165, 1.54) is 6.92 Å². The fourth-order valence-corrected chi connectivity index (χ4v) is 1.82. The SMILES string of the molecule is CC(=O)SCCC#Cc1cc(C(F)(F)F)ccc1C#N. The summed E-state index contributed by atoms with van der Waals surface area (Å²) in [6.07, 6.45) is -4.10. The summed E-state index contributed by atoms with van der Waals surface area (Å²) in [7, 11) is 0. The molecule has 2 nitrogen and oxygen atoms in total. The van der Waals surface area contributed by atoms with E-state index < -0.39 is 11.7 Å². The minimum absolute atomic E-state index is 0.0383. The van der Waals surface area contributed by atoms with Crippen LogP contribution in [-0.2, 0) is 11.0 Å². The van der Waals surface area contributed by atoms with E-state index in [0.717, 1.165) is 30.0 Å². The van der Waals surface area contributed by atoms with E-state index in [9.17, 15) is 18.0 Å². The van der Waals surface area contributed by atoms with E-state index in [1.54, 1.807) is 6.07 Å². The lowest BCUT2D eigenvalue weighted by molar-refractivity contribution is -0.137. The summed E-state index contributed by atoms with van der Waals surface area (Å²) < 4.78 is 37.7. The summed E-state index contributed by atoms with van der Waals surface area (Å²) in [5.41, 5.74) is -0.682. The van der Waals surface area contributed by atoms with Crippen LogP contribution in [0.4, 0.5) is 13.2 Å². The third-order valence-corrected chi connectivity index (χ3v) is 3.04. The van der Waals surface area contributed by atoms with Crippen molar-refractivity contribution in [2.45, 2.75) is 19.5 Å². The number of nitrogens with zero attached hydrogens (tertiary/aromatic N) is 1. The number of benzene rings is 1. The molecule has 0 fully saturated rings. The predicted octanol–water partition coefficient (Wildman–Crippen LogP) is 3.60. The van der Waals surface area contributed by atoms with E-state index in [-0.39, 0.29) is 16.2 Å². The number of alkyl halides is 3. The number of hydrogen-bond acceptors (Lipinski definition) is 3. The summed E-state index contributed by atoms with van der Waals surface area (Å²) >= 11 is 1.10. The summed E-state index contributed by atoms with van der Waals surface area (Å²) in [5.74, 6) is 5.70. The van der Waals surface area contributed by atoms with Gasteiger partial charge in [-0.3, -0.25) is 4.79 Å². The maximum Gasteiger partial charge on any atom is 0.416 e. The van der Waals surface area contributed by atoms with Crippen LogP contribution in [0.3, 0.4) is 0 Å². The number of hydrogen-bond donors (Lipinski definition) is 0. The van der Waals surface area contributed by atoms with Crippen LogP contribution >= 0.6 is 11.8 Å². The van der Waals surface area contributed by atoms with Crippen LogP contribution in [0.1, 0.15) is 30.0 Å². The molecule has 0 bridgehead atoms. The molecule has 1 aromatic carbocycles. The fraction of sp³-hybridized carbons (Fsp3) is 0.286. The molecule has 0 radical (unpaired) electrons. The molecule has 0 saturated carbocycles. The van der Waals surface area contributed by atoms with Crippen molar-refractivity contribution in [3.63, 3.8) is 0 Å². The number of nitriles is 1. The highest BCUT2D eigenvalue weighted by molar-refractivity contribution is 8.13. The van der Waals surface area contributed by atoms with Crippen LogP contribution in [0, 0.1) is 23.2 Å². The monoisotopic (exact) mass is 297 g/mol. The largest absolute Gasteiger partial charge is 0.416 e. The lowest BCUT2D eigenvalue weighted by Gasteiger charge is -2.07. The normalized spacial score (nSPS) is 10.3. The Bertz CT molecular complexity index is 606. The Hall–Kier alpha value is -1.92. The molecule has 20 heavy (non-hydrogen) atoms. The minimum atomic E-state index is -4.46. The smallest absolute Gasteiger partial charge is 0.288 e. The summed E-state index contributed by atoms with van der Waals surface area (Å²) in [5, 5.41) is 8.80. The molecule has 6 heteroatoms. The Labute approximate surface area is 119 Å². The average Bonchev–Trinajstić information content (AvgIpc) is 2.36.